The number of carboxylic acids is 1. The molecule has 27 heavy (non-hydrogen) atoms. The lowest BCUT2D eigenvalue weighted by Crippen LogP contribution is -2.39. The smallest absolute Gasteiger partial charge is 0.320 e. The van der Waals surface area contributed by atoms with Gasteiger partial charge >= 0.3 is 5.97 Å². The summed E-state index contributed by atoms with van der Waals surface area (Å²) in [5.74, 6) is 0.876. The molecule has 0 aliphatic carbocycles. The molecule has 2 atom stereocenters. The fourth-order valence-electron chi connectivity index (χ4n) is 3.68. The molecule has 1 aromatic carbocycles. The lowest BCUT2D eigenvalue weighted by molar-refractivity contribution is -0.142. The predicted octanol–water partition coefficient (Wildman–Crippen LogP) is 2.75. The number of hydrogen-bond acceptors (Lipinski definition) is 6. The number of ether oxygens (including phenoxy) is 3. The number of hydrogen-bond donors (Lipinski definition) is 1. The second-order valence-electron chi connectivity index (χ2n) is 6.34. The van der Waals surface area contributed by atoms with Crippen LogP contribution in [0.15, 0.2) is 36.5 Å². The standard InChI is InChI=1S/C20H24N2O5/c1-25-16-12-18(27-3)17(26-2)11-13(16)19(14-7-4-5-9-21-14)22-10-6-8-15(22)20(23)24/h4-5,7,9,11-12,15,19H,6,8,10H2,1-3H3,(H,23,24). The third kappa shape index (κ3) is 3.68. The SMILES string of the molecule is COc1cc(OC)c(C(c2ccccn2)N2CCCC2C(=O)O)cc1OC. The van der Waals surface area contributed by atoms with E-state index < -0.39 is 12.0 Å². The molecule has 144 valence electrons. The first-order valence-corrected chi connectivity index (χ1v) is 8.80. The maximum absolute atomic E-state index is 11.8. The van der Waals surface area contributed by atoms with Gasteiger partial charge in [0.1, 0.15) is 11.8 Å². The van der Waals surface area contributed by atoms with Crippen molar-refractivity contribution in [2.24, 2.45) is 0 Å². The molecule has 7 heteroatoms. The first-order valence-electron chi connectivity index (χ1n) is 8.80. The van der Waals surface area contributed by atoms with E-state index in [1.54, 1.807) is 33.6 Å². The molecule has 0 radical (unpaired) electrons. The van der Waals surface area contributed by atoms with Gasteiger partial charge in [-0.05, 0) is 31.0 Å². The van der Waals surface area contributed by atoms with Crippen molar-refractivity contribution in [2.45, 2.75) is 24.9 Å². The van der Waals surface area contributed by atoms with Crippen molar-refractivity contribution >= 4 is 5.97 Å². The Morgan fingerprint density at radius 2 is 1.85 bits per heavy atom. The van der Waals surface area contributed by atoms with E-state index in [9.17, 15) is 9.90 Å². The van der Waals surface area contributed by atoms with Gasteiger partial charge in [-0.2, -0.15) is 0 Å². The molecule has 2 heterocycles. The minimum absolute atomic E-state index is 0.371. The van der Waals surface area contributed by atoms with Gasteiger partial charge in [0.25, 0.3) is 0 Å². The number of rotatable bonds is 7. The molecule has 1 aliphatic heterocycles. The van der Waals surface area contributed by atoms with Gasteiger partial charge in [-0.3, -0.25) is 14.7 Å². The second-order valence-corrected chi connectivity index (χ2v) is 6.34. The molecule has 0 bridgehead atoms. The number of nitrogens with zero attached hydrogens (tertiary/aromatic N) is 2. The zero-order valence-electron chi connectivity index (χ0n) is 15.7. The molecule has 1 saturated heterocycles. The molecule has 1 fully saturated rings. The molecule has 0 amide bonds. The van der Waals surface area contributed by atoms with Crippen LogP contribution in [0.3, 0.4) is 0 Å². The fraction of sp³-hybridized carbons (Fsp3) is 0.400. The second kappa shape index (κ2) is 8.26. The van der Waals surface area contributed by atoms with Crippen molar-refractivity contribution in [3.8, 4) is 17.2 Å². The van der Waals surface area contributed by atoms with Gasteiger partial charge in [0, 0.05) is 24.4 Å². The Labute approximate surface area is 158 Å². The number of likely N-dealkylation sites (tertiary alicyclic amines) is 1. The first kappa shape index (κ1) is 19.0. The molecular formula is C20H24N2O5. The number of aromatic nitrogens is 1. The minimum atomic E-state index is -0.826. The molecule has 1 aromatic heterocycles. The largest absolute Gasteiger partial charge is 0.496 e. The number of aliphatic carboxylic acids is 1. The molecule has 0 spiro atoms. The van der Waals surface area contributed by atoms with Crippen molar-refractivity contribution in [3.63, 3.8) is 0 Å². The molecule has 2 unspecified atom stereocenters. The van der Waals surface area contributed by atoms with Crippen LogP contribution in [0.2, 0.25) is 0 Å². The maximum atomic E-state index is 11.8. The van der Waals surface area contributed by atoms with Crippen LogP contribution in [0, 0.1) is 0 Å². The van der Waals surface area contributed by atoms with Crippen LogP contribution in [0.1, 0.15) is 30.1 Å². The highest BCUT2D eigenvalue weighted by Gasteiger charge is 2.39. The van der Waals surface area contributed by atoms with Crippen molar-refractivity contribution < 1.29 is 24.1 Å². The number of pyridine rings is 1. The summed E-state index contributed by atoms with van der Waals surface area (Å²) in [5, 5.41) is 9.70. The van der Waals surface area contributed by atoms with Gasteiger partial charge in [0.2, 0.25) is 0 Å². The monoisotopic (exact) mass is 372 g/mol. The average Bonchev–Trinajstić information content (AvgIpc) is 3.18. The molecule has 1 aliphatic rings. The maximum Gasteiger partial charge on any atom is 0.320 e. The topological polar surface area (TPSA) is 81.1 Å². The van der Waals surface area contributed by atoms with Crippen molar-refractivity contribution in [2.75, 3.05) is 27.9 Å². The van der Waals surface area contributed by atoms with Gasteiger partial charge in [0.05, 0.1) is 33.1 Å². The summed E-state index contributed by atoms with van der Waals surface area (Å²) in [6.45, 7) is 0.662. The van der Waals surface area contributed by atoms with Crippen LogP contribution in [-0.4, -0.2) is 54.9 Å². The van der Waals surface area contributed by atoms with Crippen molar-refractivity contribution in [3.05, 3.63) is 47.8 Å². The summed E-state index contributed by atoms with van der Waals surface area (Å²) in [5.41, 5.74) is 1.55. The van der Waals surface area contributed by atoms with Crippen LogP contribution < -0.4 is 14.2 Å². The van der Waals surface area contributed by atoms with E-state index in [0.717, 1.165) is 17.7 Å². The normalized spacial score (nSPS) is 18.1. The quantitative estimate of drug-likeness (QED) is 0.800. The Kier molecular flexibility index (Phi) is 5.81. The Balaban J connectivity index is 2.18. The fourth-order valence-corrected chi connectivity index (χ4v) is 3.68. The number of benzene rings is 1. The van der Waals surface area contributed by atoms with Gasteiger partial charge in [-0.15, -0.1) is 0 Å². The van der Waals surface area contributed by atoms with E-state index in [1.165, 1.54) is 0 Å². The number of methoxy groups -OCH3 is 3. The van der Waals surface area contributed by atoms with E-state index in [4.69, 9.17) is 14.2 Å². The summed E-state index contributed by atoms with van der Waals surface area (Å²) >= 11 is 0. The molecular weight excluding hydrogens is 348 g/mol. The third-order valence-corrected chi connectivity index (χ3v) is 4.91. The summed E-state index contributed by atoms with van der Waals surface area (Å²) < 4.78 is 16.4. The first-order chi connectivity index (χ1) is 13.1. The molecule has 7 nitrogen and oxygen atoms in total. The Morgan fingerprint density at radius 1 is 1.15 bits per heavy atom. The highest BCUT2D eigenvalue weighted by atomic mass is 16.5. The zero-order chi connectivity index (χ0) is 19.4. The molecule has 1 N–H and O–H groups in total. The van der Waals surface area contributed by atoms with Crippen LogP contribution in [0.25, 0.3) is 0 Å². The van der Waals surface area contributed by atoms with E-state index in [0.29, 0.717) is 30.2 Å². The van der Waals surface area contributed by atoms with E-state index in [1.807, 2.05) is 29.2 Å². The third-order valence-electron chi connectivity index (χ3n) is 4.91. The van der Waals surface area contributed by atoms with Gasteiger partial charge in [-0.25, -0.2) is 0 Å². The van der Waals surface area contributed by atoms with Crippen LogP contribution in [0.4, 0.5) is 0 Å². The molecule has 0 saturated carbocycles. The summed E-state index contributed by atoms with van der Waals surface area (Å²) in [6.07, 6.45) is 3.13. The van der Waals surface area contributed by atoms with Crippen molar-refractivity contribution in [1.82, 2.24) is 9.88 Å². The lowest BCUT2D eigenvalue weighted by Gasteiger charge is -2.32. The van der Waals surface area contributed by atoms with Crippen molar-refractivity contribution in [1.29, 1.82) is 0 Å². The van der Waals surface area contributed by atoms with E-state index in [-0.39, 0.29) is 6.04 Å². The minimum Gasteiger partial charge on any atom is -0.496 e. The molecule has 2 aromatic rings. The zero-order valence-corrected chi connectivity index (χ0v) is 15.7. The Bertz CT molecular complexity index is 796. The number of carboxylic acid groups (broad SMARTS) is 1. The van der Waals surface area contributed by atoms with E-state index >= 15 is 0 Å². The summed E-state index contributed by atoms with van der Waals surface area (Å²) in [6, 6.07) is 8.29. The van der Waals surface area contributed by atoms with Crippen LogP contribution in [0.5, 0.6) is 17.2 Å². The predicted molar refractivity (Wildman–Crippen MR) is 99.5 cm³/mol. The number of carbonyl (C=O) groups is 1. The van der Waals surface area contributed by atoms with Gasteiger partial charge in [0.15, 0.2) is 11.5 Å². The summed E-state index contributed by atoms with van der Waals surface area (Å²) in [4.78, 5) is 18.3. The highest BCUT2D eigenvalue weighted by Crippen LogP contribution is 2.43. The lowest BCUT2D eigenvalue weighted by atomic mass is 9.98. The van der Waals surface area contributed by atoms with E-state index in [2.05, 4.69) is 4.98 Å². The van der Waals surface area contributed by atoms with Crippen LogP contribution in [-0.2, 0) is 4.79 Å². The van der Waals surface area contributed by atoms with Gasteiger partial charge in [-0.1, -0.05) is 6.07 Å². The summed E-state index contributed by atoms with van der Waals surface area (Å²) in [7, 11) is 4.72. The van der Waals surface area contributed by atoms with Gasteiger partial charge < -0.3 is 19.3 Å². The average molecular weight is 372 g/mol. The highest BCUT2D eigenvalue weighted by molar-refractivity contribution is 5.74. The Morgan fingerprint density at radius 3 is 2.44 bits per heavy atom. The van der Waals surface area contributed by atoms with Crippen LogP contribution >= 0.6 is 0 Å². The molecule has 3 rings (SSSR count). The Hall–Kier alpha value is -2.80.